The molecule has 0 aliphatic carbocycles. The van der Waals surface area contributed by atoms with Crippen LogP contribution in [0.1, 0.15) is 50.1 Å². The summed E-state index contributed by atoms with van der Waals surface area (Å²) < 4.78 is 0. The highest BCUT2D eigenvalue weighted by molar-refractivity contribution is 7.10. The number of carbonyl (C=O) groups is 1. The fraction of sp³-hybridized carbons (Fsp3) is 0.500. The minimum atomic E-state index is -0.138. The molecular weight excluding hydrogens is 354 g/mol. The number of nitrogens with zero attached hydrogens (tertiary/aromatic N) is 1. The highest BCUT2D eigenvalue weighted by Crippen LogP contribution is 2.28. The van der Waals surface area contributed by atoms with Gasteiger partial charge in [-0.3, -0.25) is 4.90 Å². The van der Waals surface area contributed by atoms with Crippen LogP contribution in [-0.2, 0) is 5.41 Å². The number of thiophene rings is 1. The molecule has 1 aliphatic heterocycles. The molecule has 2 N–H and O–H groups in total. The van der Waals surface area contributed by atoms with Crippen LogP contribution in [0.3, 0.4) is 0 Å². The fourth-order valence-corrected chi connectivity index (χ4v) is 4.54. The van der Waals surface area contributed by atoms with Crippen LogP contribution in [0.5, 0.6) is 0 Å². The Balaban J connectivity index is 1.58. The van der Waals surface area contributed by atoms with E-state index in [9.17, 15) is 4.79 Å². The van der Waals surface area contributed by atoms with Crippen LogP contribution < -0.4 is 10.6 Å². The maximum Gasteiger partial charge on any atom is 0.315 e. The molecule has 0 spiro atoms. The van der Waals surface area contributed by atoms with E-state index in [2.05, 4.69) is 66.0 Å². The lowest BCUT2D eigenvalue weighted by molar-refractivity contribution is 0.216. The molecule has 0 saturated carbocycles. The summed E-state index contributed by atoms with van der Waals surface area (Å²) in [6, 6.07) is 14.8. The Kier molecular flexibility index (Phi) is 6.55. The topological polar surface area (TPSA) is 44.4 Å². The summed E-state index contributed by atoms with van der Waals surface area (Å²) in [7, 11) is 0. The van der Waals surface area contributed by atoms with Crippen molar-refractivity contribution >= 4 is 17.4 Å². The zero-order valence-electron chi connectivity index (χ0n) is 16.6. The van der Waals surface area contributed by atoms with Gasteiger partial charge in [0.2, 0.25) is 0 Å². The predicted octanol–water partition coefficient (Wildman–Crippen LogP) is 4.55. The summed E-state index contributed by atoms with van der Waals surface area (Å²) in [5.41, 5.74) is 1.09. The molecule has 5 heteroatoms. The minimum absolute atomic E-state index is 0.0203. The monoisotopic (exact) mass is 385 g/mol. The summed E-state index contributed by atoms with van der Waals surface area (Å²) in [6.07, 6.45) is 2.49. The molecule has 1 saturated heterocycles. The molecule has 1 aliphatic rings. The number of hydrogen-bond donors (Lipinski definition) is 2. The molecule has 2 heterocycles. The average Bonchev–Trinajstić information content (AvgIpc) is 3.37. The van der Waals surface area contributed by atoms with Crippen LogP contribution in [-0.4, -0.2) is 36.6 Å². The molecular formula is C22H31N3OS. The normalized spacial score (nSPS) is 17.4. The van der Waals surface area contributed by atoms with Crippen molar-refractivity contribution in [3.8, 4) is 0 Å². The molecule has 27 heavy (non-hydrogen) atoms. The molecule has 0 radical (unpaired) electrons. The number of nitrogens with one attached hydrogen (secondary N) is 2. The first-order chi connectivity index (χ1) is 13.0. The lowest BCUT2D eigenvalue weighted by atomic mass is 9.78. The van der Waals surface area contributed by atoms with E-state index in [4.69, 9.17) is 0 Å². The molecule has 1 aromatic heterocycles. The Morgan fingerprint density at radius 3 is 2.48 bits per heavy atom. The van der Waals surface area contributed by atoms with Gasteiger partial charge in [-0.2, -0.15) is 0 Å². The Bertz CT molecular complexity index is 708. The first-order valence-corrected chi connectivity index (χ1v) is 10.7. The van der Waals surface area contributed by atoms with E-state index in [1.807, 2.05) is 18.2 Å². The third-order valence-corrected chi connectivity index (χ3v) is 6.83. The van der Waals surface area contributed by atoms with Crippen molar-refractivity contribution in [1.82, 2.24) is 15.5 Å². The second kappa shape index (κ2) is 8.89. The van der Waals surface area contributed by atoms with Crippen LogP contribution in [0.25, 0.3) is 0 Å². The first kappa shape index (κ1) is 19.9. The summed E-state index contributed by atoms with van der Waals surface area (Å²) in [5, 5.41) is 8.38. The Morgan fingerprint density at radius 1 is 1.15 bits per heavy atom. The molecule has 2 aromatic rings. The third kappa shape index (κ3) is 4.90. The molecule has 3 rings (SSSR count). The second-order valence-electron chi connectivity index (χ2n) is 7.94. The van der Waals surface area contributed by atoms with Gasteiger partial charge in [-0.05, 0) is 49.9 Å². The maximum absolute atomic E-state index is 12.6. The number of urea groups is 1. The van der Waals surface area contributed by atoms with Crippen LogP contribution in [0.2, 0.25) is 0 Å². The van der Waals surface area contributed by atoms with Crippen molar-refractivity contribution in [2.75, 3.05) is 19.6 Å². The maximum atomic E-state index is 12.6. The predicted molar refractivity (Wildman–Crippen MR) is 113 cm³/mol. The Labute approximate surface area is 167 Å². The second-order valence-corrected chi connectivity index (χ2v) is 8.92. The zero-order valence-corrected chi connectivity index (χ0v) is 17.4. The number of benzene rings is 1. The molecule has 146 valence electrons. The molecule has 2 amide bonds. The van der Waals surface area contributed by atoms with Gasteiger partial charge in [0.05, 0.1) is 6.04 Å². The van der Waals surface area contributed by atoms with Crippen LogP contribution in [0.4, 0.5) is 4.79 Å². The molecule has 2 unspecified atom stereocenters. The lowest BCUT2D eigenvalue weighted by Crippen LogP contribution is -2.50. The average molecular weight is 386 g/mol. The highest BCUT2D eigenvalue weighted by Gasteiger charge is 2.30. The van der Waals surface area contributed by atoms with Crippen molar-refractivity contribution < 1.29 is 4.79 Å². The highest BCUT2D eigenvalue weighted by atomic mass is 32.1. The van der Waals surface area contributed by atoms with Gasteiger partial charge < -0.3 is 10.6 Å². The number of amides is 2. The van der Waals surface area contributed by atoms with Crippen molar-refractivity contribution in [3.63, 3.8) is 0 Å². The van der Waals surface area contributed by atoms with Gasteiger partial charge in [0.15, 0.2) is 0 Å². The van der Waals surface area contributed by atoms with E-state index in [1.165, 1.54) is 23.3 Å². The third-order valence-electron chi connectivity index (χ3n) is 5.86. The van der Waals surface area contributed by atoms with Gasteiger partial charge in [-0.25, -0.2) is 4.79 Å². The quantitative estimate of drug-likeness (QED) is 0.734. The summed E-state index contributed by atoms with van der Waals surface area (Å²) in [4.78, 5) is 16.4. The van der Waals surface area contributed by atoms with Crippen LogP contribution in [0.15, 0.2) is 47.8 Å². The number of rotatable bonds is 7. The lowest BCUT2D eigenvalue weighted by Gasteiger charge is -2.33. The van der Waals surface area contributed by atoms with E-state index >= 15 is 0 Å². The van der Waals surface area contributed by atoms with E-state index in [1.54, 1.807) is 11.3 Å². The number of carbonyl (C=O) groups excluding carboxylic acids is 1. The van der Waals surface area contributed by atoms with E-state index in [0.29, 0.717) is 6.54 Å². The Morgan fingerprint density at radius 2 is 1.85 bits per heavy atom. The van der Waals surface area contributed by atoms with Gasteiger partial charge >= 0.3 is 6.03 Å². The van der Waals surface area contributed by atoms with Gasteiger partial charge in [-0.1, -0.05) is 50.2 Å². The summed E-state index contributed by atoms with van der Waals surface area (Å²) in [5.74, 6) is 0. The number of likely N-dealkylation sites (tertiary alicyclic amines) is 1. The fourth-order valence-electron chi connectivity index (χ4n) is 3.68. The van der Waals surface area contributed by atoms with Crippen molar-refractivity contribution in [3.05, 3.63) is 58.3 Å². The smallest absolute Gasteiger partial charge is 0.315 e. The molecule has 1 fully saturated rings. The van der Waals surface area contributed by atoms with Gasteiger partial charge in [0, 0.05) is 22.9 Å². The first-order valence-electron chi connectivity index (χ1n) is 9.86. The van der Waals surface area contributed by atoms with Gasteiger partial charge in [-0.15, -0.1) is 11.3 Å². The van der Waals surface area contributed by atoms with Gasteiger partial charge in [0.25, 0.3) is 0 Å². The van der Waals surface area contributed by atoms with Crippen molar-refractivity contribution in [2.24, 2.45) is 0 Å². The standard InChI is InChI=1S/C22H31N3OS/c1-17(22(2,3)18-10-5-4-6-11-18)24-21(26)23-16-19(20-12-9-15-27-20)25-13-7-8-14-25/h4-6,9-12,15,17,19H,7-8,13-14,16H2,1-3H3,(H2,23,24,26). The molecule has 1 aromatic carbocycles. The SMILES string of the molecule is CC(NC(=O)NCC(c1cccs1)N1CCCC1)C(C)(C)c1ccccc1. The molecule has 2 atom stereocenters. The molecule has 4 nitrogen and oxygen atoms in total. The van der Waals surface area contributed by atoms with Gasteiger partial charge in [0.1, 0.15) is 0 Å². The van der Waals surface area contributed by atoms with E-state index in [-0.39, 0.29) is 23.5 Å². The summed E-state index contributed by atoms with van der Waals surface area (Å²) >= 11 is 1.77. The largest absolute Gasteiger partial charge is 0.336 e. The number of hydrogen-bond acceptors (Lipinski definition) is 3. The minimum Gasteiger partial charge on any atom is -0.336 e. The van der Waals surface area contributed by atoms with E-state index < -0.39 is 0 Å². The van der Waals surface area contributed by atoms with Crippen molar-refractivity contribution in [1.29, 1.82) is 0 Å². The zero-order chi connectivity index (χ0) is 19.3. The van der Waals surface area contributed by atoms with E-state index in [0.717, 1.165) is 13.1 Å². The molecule has 0 bridgehead atoms. The van der Waals surface area contributed by atoms with Crippen LogP contribution in [0, 0.1) is 0 Å². The van der Waals surface area contributed by atoms with Crippen molar-refractivity contribution in [2.45, 2.75) is 51.1 Å². The van der Waals surface area contributed by atoms with Crippen LogP contribution >= 0.6 is 11.3 Å². The summed E-state index contributed by atoms with van der Waals surface area (Å²) in [6.45, 7) is 9.29. The Hall–Kier alpha value is -1.85.